The lowest BCUT2D eigenvalue weighted by Crippen LogP contribution is -1.95. The van der Waals surface area contributed by atoms with Crippen LogP contribution in [0, 0.1) is 0 Å². The summed E-state index contributed by atoms with van der Waals surface area (Å²) in [4.78, 5) is 31.1. The number of benzene rings is 14. The van der Waals surface area contributed by atoms with Gasteiger partial charge in [0.1, 0.15) is 0 Å². The first-order valence-corrected chi connectivity index (χ1v) is 31.9. The average molecular weight is 1190 g/mol. The van der Waals surface area contributed by atoms with Crippen LogP contribution in [0.3, 0.4) is 0 Å². The Labute approximate surface area is 538 Å². The summed E-state index contributed by atoms with van der Waals surface area (Å²) in [6.45, 7) is 0. The summed E-state index contributed by atoms with van der Waals surface area (Å²) in [7, 11) is 0. The monoisotopic (exact) mass is 1190 g/mol. The van der Waals surface area contributed by atoms with Crippen LogP contribution < -0.4 is 0 Å². The van der Waals surface area contributed by atoms with Gasteiger partial charge in [0.05, 0.1) is 56.1 Å². The Morgan fingerprint density at radius 3 is 1.40 bits per heavy atom. The molecule has 0 aliphatic carbocycles. The van der Waals surface area contributed by atoms with E-state index in [-0.39, 0.29) is 0 Å². The van der Waals surface area contributed by atoms with E-state index in [2.05, 4.69) is 284 Å². The van der Waals surface area contributed by atoms with Crippen molar-refractivity contribution in [3.8, 4) is 78.5 Å². The van der Waals surface area contributed by atoms with Crippen molar-refractivity contribution in [2.75, 3.05) is 0 Å². The fourth-order valence-electron chi connectivity index (χ4n) is 14.9. The van der Waals surface area contributed by atoms with Gasteiger partial charge in [0.15, 0.2) is 0 Å². The average Bonchev–Trinajstić information content (AvgIpc) is 0.753. The van der Waals surface area contributed by atoms with Crippen molar-refractivity contribution in [1.82, 2.24) is 29.9 Å². The fourth-order valence-corrected chi connectivity index (χ4v) is 14.9. The molecular weight excluding hydrogens is 1140 g/mol. The van der Waals surface area contributed by atoms with Crippen LogP contribution in [0.5, 0.6) is 0 Å². The molecule has 0 saturated carbocycles. The molecule has 6 aromatic heterocycles. The molecule has 94 heavy (non-hydrogen) atoms. The maximum absolute atomic E-state index is 5.53. The van der Waals surface area contributed by atoms with Crippen LogP contribution in [0.4, 0.5) is 0 Å². The molecule has 0 unspecified atom stereocenters. The van der Waals surface area contributed by atoms with Gasteiger partial charge in [-0.3, -0.25) is 4.98 Å². The Hall–Kier alpha value is -12.6. The summed E-state index contributed by atoms with van der Waals surface area (Å²) >= 11 is 0. The van der Waals surface area contributed by atoms with Gasteiger partial charge in [-0.05, 0) is 176 Å². The quantitative estimate of drug-likeness (QED) is 0.148. The molecular formula is C88H50N6. The number of hydrogen-bond acceptors (Lipinski definition) is 6. The van der Waals surface area contributed by atoms with Crippen molar-refractivity contribution in [1.29, 1.82) is 0 Å². The molecule has 0 fully saturated rings. The van der Waals surface area contributed by atoms with Gasteiger partial charge >= 0.3 is 0 Å². The van der Waals surface area contributed by atoms with Crippen molar-refractivity contribution in [3.05, 3.63) is 304 Å². The Balaban J connectivity index is 0.662. The number of nitrogens with zero attached hydrogens (tertiary/aromatic N) is 6. The molecule has 0 amide bonds. The van der Waals surface area contributed by atoms with Crippen LogP contribution in [-0.2, 0) is 0 Å². The second kappa shape index (κ2) is 20.4. The Morgan fingerprint density at radius 2 is 0.660 bits per heavy atom. The zero-order valence-electron chi connectivity index (χ0n) is 50.6. The summed E-state index contributed by atoms with van der Waals surface area (Å²) in [6, 6.07) is 105. The first-order valence-electron chi connectivity index (χ1n) is 31.9. The first-order chi connectivity index (χ1) is 46.5. The lowest BCUT2D eigenvalue weighted by molar-refractivity contribution is 1.31. The van der Waals surface area contributed by atoms with Crippen molar-refractivity contribution in [3.63, 3.8) is 0 Å². The van der Waals surface area contributed by atoms with Gasteiger partial charge in [-0.25, -0.2) is 24.9 Å². The molecule has 0 bridgehead atoms. The van der Waals surface area contributed by atoms with E-state index in [4.69, 9.17) is 24.9 Å². The highest BCUT2D eigenvalue weighted by atomic mass is 14.8. The van der Waals surface area contributed by atoms with Gasteiger partial charge in [-0.2, -0.15) is 0 Å². The molecule has 0 aliphatic heterocycles. The minimum absolute atomic E-state index is 0.798. The highest BCUT2D eigenvalue weighted by molar-refractivity contribution is 6.28. The van der Waals surface area contributed by atoms with Crippen LogP contribution >= 0.6 is 0 Å². The minimum atomic E-state index is 0.798. The first kappa shape index (κ1) is 52.2. The van der Waals surface area contributed by atoms with E-state index < -0.39 is 0 Å². The number of rotatable bonds is 7. The van der Waals surface area contributed by atoms with E-state index in [1.807, 2.05) is 24.5 Å². The number of pyridine rings is 6. The summed E-state index contributed by atoms with van der Waals surface area (Å²) in [5.74, 6) is 0. The molecule has 14 aromatic carbocycles. The topological polar surface area (TPSA) is 77.3 Å². The normalized spacial score (nSPS) is 12.0. The molecule has 0 N–H and O–H groups in total. The molecule has 0 aliphatic rings. The third-order valence-corrected chi connectivity index (χ3v) is 19.6. The van der Waals surface area contributed by atoms with Crippen molar-refractivity contribution >= 4 is 130 Å². The summed E-state index contributed by atoms with van der Waals surface area (Å²) in [5, 5.41) is 22.4. The molecule has 432 valence electrons. The van der Waals surface area contributed by atoms with E-state index >= 15 is 0 Å². The lowest BCUT2D eigenvalue weighted by Gasteiger charge is -2.16. The Bertz CT molecular complexity index is 6560. The van der Waals surface area contributed by atoms with E-state index in [0.29, 0.717) is 0 Å². The van der Waals surface area contributed by atoms with E-state index in [0.717, 1.165) is 133 Å². The second-order valence-electron chi connectivity index (χ2n) is 24.9. The number of hydrogen-bond donors (Lipinski definition) is 0. The predicted octanol–water partition coefficient (Wildman–Crippen LogP) is 23.0. The van der Waals surface area contributed by atoms with Crippen molar-refractivity contribution in [2.45, 2.75) is 0 Å². The van der Waals surface area contributed by atoms with E-state index in [1.54, 1.807) is 0 Å². The summed E-state index contributed by atoms with van der Waals surface area (Å²) < 4.78 is 0. The number of fused-ring (bicyclic) bond motifs is 14. The van der Waals surface area contributed by atoms with Gasteiger partial charge in [0.2, 0.25) is 0 Å². The zero-order valence-corrected chi connectivity index (χ0v) is 50.6. The SMILES string of the molecule is c1ccc2nc(-c3ccc4c(-c5ccc6c7ccc(-c8ccc(-c9ccc%10ccc%11ccc(-c%12ccc%13ccncc%13c%12)nc%11c%10n9)cc8)cc7c7ccccc7c6c5)cc5ccc(-c6ccc(-c7ccc8ccc9cccc%10ccc7c8c9%10)cc6)nc5c4n3)ccc2c1. The minimum Gasteiger partial charge on any atom is -0.264 e. The second-order valence-corrected chi connectivity index (χ2v) is 24.9. The van der Waals surface area contributed by atoms with Gasteiger partial charge in [0.25, 0.3) is 0 Å². The van der Waals surface area contributed by atoms with Crippen LogP contribution in [0.2, 0.25) is 0 Å². The molecule has 0 spiro atoms. The van der Waals surface area contributed by atoms with Crippen LogP contribution in [-0.4, -0.2) is 29.9 Å². The van der Waals surface area contributed by atoms with Gasteiger partial charge in [0, 0.05) is 61.4 Å². The lowest BCUT2D eigenvalue weighted by atomic mass is 9.89. The number of para-hydroxylation sites is 1. The smallest absolute Gasteiger partial charge is 0.0979 e. The maximum Gasteiger partial charge on any atom is 0.0979 e. The standard InChI is InChI=1S/C88H50N6/c1-4-11-77-54(6-1)30-42-81(90-77)82-43-38-73-74(49-65-33-41-79(92-87(65)88(73)94-82)56-19-15-53(16-20-56)67-34-26-59-22-21-57-7-5-8-58-27-37-72(67)84(59)83(57)58)63-29-36-71-70-35-28-62(47-75(70)68-9-2-3-10-69(68)76(71)48-63)51-12-17-55(18-13-51)78-39-31-60-23-24-61-32-40-80(93-86(61)85(60)91-78)64-25-14-52-44-45-89-50-66(52)46-64/h1-50H. The van der Waals surface area contributed by atoms with Crippen LogP contribution in [0.25, 0.3) is 208 Å². The fraction of sp³-hybridized carbons (Fsp3) is 0. The van der Waals surface area contributed by atoms with Gasteiger partial charge in [-0.1, -0.05) is 218 Å². The van der Waals surface area contributed by atoms with E-state index in [9.17, 15) is 0 Å². The van der Waals surface area contributed by atoms with E-state index in [1.165, 1.54) is 75.8 Å². The molecule has 6 heterocycles. The molecule has 20 rings (SSSR count). The largest absolute Gasteiger partial charge is 0.264 e. The molecule has 6 nitrogen and oxygen atoms in total. The molecule has 6 heteroatoms. The summed E-state index contributed by atoms with van der Waals surface area (Å²) in [5.41, 5.74) is 18.7. The molecule has 0 saturated heterocycles. The zero-order chi connectivity index (χ0) is 61.5. The molecule has 0 atom stereocenters. The van der Waals surface area contributed by atoms with Gasteiger partial charge < -0.3 is 0 Å². The molecule has 0 radical (unpaired) electrons. The third kappa shape index (κ3) is 8.30. The van der Waals surface area contributed by atoms with Crippen LogP contribution in [0.15, 0.2) is 304 Å². The Morgan fingerprint density at radius 1 is 0.191 bits per heavy atom. The number of aromatic nitrogens is 6. The highest BCUT2D eigenvalue weighted by Crippen LogP contribution is 2.44. The molecule has 20 aromatic rings. The van der Waals surface area contributed by atoms with Crippen molar-refractivity contribution in [2.24, 2.45) is 0 Å². The Kier molecular flexibility index (Phi) is 11.3. The predicted molar refractivity (Wildman–Crippen MR) is 393 cm³/mol. The van der Waals surface area contributed by atoms with Crippen molar-refractivity contribution < 1.29 is 0 Å². The maximum atomic E-state index is 5.53. The van der Waals surface area contributed by atoms with Gasteiger partial charge in [-0.15, -0.1) is 0 Å². The van der Waals surface area contributed by atoms with Crippen LogP contribution in [0.1, 0.15) is 0 Å². The highest BCUT2D eigenvalue weighted by Gasteiger charge is 2.20. The third-order valence-electron chi connectivity index (χ3n) is 19.6. The summed E-state index contributed by atoms with van der Waals surface area (Å²) in [6.07, 6.45) is 3.73.